The average molecular weight is 533 g/mol. The minimum atomic E-state index is -0.477. The molecule has 0 aliphatic rings. The molecule has 0 aliphatic carbocycles. The van der Waals surface area contributed by atoms with Crippen LogP contribution >= 0.6 is 0 Å². The summed E-state index contributed by atoms with van der Waals surface area (Å²) in [5.74, 6) is 13.3. The molecule has 0 radical (unpaired) electrons. The number of hydrogen-bond acceptors (Lipinski definition) is 11. The monoisotopic (exact) mass is 532 g/mol. The molecular formula is C26H32N10O3. The Kier molecular flexibility index (Phi) is 7.01. The fourth-order valence-corrected chi connectivity index (χ4v) is 3.52. The van der Waals surface area contributed by atoms with Gasteiger partial charge in [-0.25, -0.2) is 0 Å². The minimum Gasteiger partial charge on any atom is -0.457 e. The number of nitrogens with one attached hydrogen (secondary N) is 2. The molecule has 204 valence electrons. The Morgan fingerprint density at radius 2 is 0.949 bits per heavy atom. The largest absolute Gasteiger partial charge is 0.457 e. The summed E-state index contributed by atoms with van der Waals surface area (Å²) in [7, 11) is 0. The Bertz CT molecular complexity index is 1480. The van der Waals surface area contributed by atoms with Crippen molar-refractivity contribution in [1.29, 1.82) is 0 Å². The quantitative estimate of drug-likeness (QED) is 0.268. The van der Waals surface area contributed by atoms with Gasteiger partial charge in [0.2, 0.25) is 11.9 Å². The van der Waals surface area contributed by atoms with Crippen LogP contribution in [-0.4, -0.2) is 29.7 Å². The topological polar surface area (TPSA) is 181 Å². The van der Waals surface area contributed by atoms with Crippen molar-refractivity contribution < 1.29 is 4.74 Å². The number of hydrogen-bond donors (Lipinski definition) is 4. The number of benzene rings is 2. The van der Waals surface area contributed by atoms with Gasteiger partial charge in [0, 0.05) is 22.2 Å². The molecule has 0 fully saturated rings. The average Bonchev–Trinajstić information content (AvgIpc) is 2.85. The van der Waals surface area contributed by atoms with Crippen LogP contribution in [0.5, 0.6) is 11.5 Å². The molecule has 13 heteroatoms. The van der Waals surface area contributed by atoms with Gasteiger partial charge in [0.25, 0.3) is 11.1 Å². The Hall–Kier alpha value is -4.94. The highest BCUT2D eigenvalue weighted by atomic mass is 16.5. The van der Waals surface area contributed by atoms with Gasteiger partial charge in [0.05, 0.1) is 0 Å². The van der Waals surface area contributed by atoms with E-state index in [0.717, 1.165) is 9.35 Å². The van der Waals surface area contributed by atoms with E-state index in [4.69, 9.17) is 16.4 Å². The highest BCUT2D eigenvalue weighted by molar-refractivity contribution is 5.56. The lowest BCUT2D eigenvalue weighted by Gasteiger charge is -2.18. The molecule has 2 aromatic heterocycles. The van der Waals surface area contributed by atoms with E-state index in [1.54, 1.807) is 48.5 Å². The normalized spacial score (nSPS) is 11.7. The molecular weight excluding hydrogens is 500 g/mol. The molecule has 4 aromatic rings. The van der Waals surface area contributed by atoms with Gasteiger partial charge in [0.15, 0.2) is 0 Å². The Morgan fingerprint density at radius 1 is 0.615 bits per heavy atom. The maximum Gasteiger partial charge on any atom is 0.295 e. The van der Waals surface area contributed by atoms with Crippen LogP contribution in [-0.2, 0) is 10.8 Å². The van der Waals surface area contributed by atoms with Crippen molar-refractivity contribution >= 4 is 23.3 Å². The van der Waals surface area contributed by atoms with Crippen LogP contribution in [0.2, 0.25) is 0 Å². The predicted octanol–water partition coefficient (Wildman–Crippen LogP) is 2.89. The first-order valence-corrected chi connectivity index (χ1v) is 12.2. The highest BCUT2D eigenvalue weighted by Crippen LogP contribution is 2.26. The molecule has 0 saturated heterocycles. The summed E-state index contributed by atoms with van der Waals surface area (Å²) in [6, 6.07) is 14.1. The first kappa shape index (κ1) is 27.1. The summed E-state index contributed by atoms with van der Waals surface area (Å²) in [6.45, 7) is 11.2. The van der Waals surface area contributed by atoms with Gasteiger partial charge < -0.3 is 27.1 Å². The first-order chi connectivity index (χ1) is 18.2. The highest BCUT2D eigenvalue weighted by Gasteiger charge is 2.24. The Balaban J connectivity index is 1.42. The van der Waals surface area contributed by atoms with Gasteiger partial charge >= 0.3 is 0 Å². The summed E-state index contributed by atoms with van der Waals surface area (Å²) in [5.41, 5.74) is 0.0663. The third-order valence-electron chi connectivity index (χ3n) is 5.67. The second-order valence-electron chi connectivity index (χ2n) is 11.0. The number of nitrogens with zero attached hydrogens (tertiary/aromatic N) is 6. The van der Waals surface area contributed by atoms with Gasteiger partial charge in [0.1, 0.15) is 22.9 Å². The summed E-state index contributed by atoms with van der Waals surface area (Å²) in [4.78, 5) is 25.1. The van der Waals surface area contributed by atoms with E-state index in [2.05, 4.69) is 31.0 Å². The standard InChI is InChI=1S/C26H32N10O3/c1-25(2,3)19-21(37)35(27)23(33-31-19)29-15-7-11-17(12-8-15)39-18-13-9-16(10-14-18)30-24-34-32-20(26(4,5)6)22(38)36(24)28/h7-14H,27-28H2,1-6H3,(H,29,33)(H,30,34). The van der Waals surface area contributed by atoms with E-state index >= 15 is 0 Å². The molecule has 0 aliphatic heterocycles. The summed E-state index contributed by atoms with van der Waals surface area (Å²) >= 11 is 0. The van der Waals surface area contributed by atoms with Crippen LogP contribution in [0.4, 0.5) is 23.3 Å². The number of nitrogens with two attached hydrogens (primary N) is 2. The van der Waals surface area contributed by atoms with Crippen molar-refractivity contribution in [1.82, 2.24) is 29.7 Å². The van der Waals surface area contributed by atoms with E-state index in [1.807, 2.05) is 41.5 Å². The summed E-state index contributed by atoms with van der Waals surface area (Å²) in [6.07, 6.45) is 0. The third kappa shape index (κ3) is 5.98. The van der Waals surface area contributed by atoms with Crippen molar-refractivity contribution in [3.63, 3.8) is 0 Å². The van der Waals surface area contributed by atoms with E-state index in [1.165, 1.54) is 0 Å². The minimum absolute atomic E-state index is 0.116. The van der Waals surface area contributed by atoms with Gasteiger partial charge in [-0.15, -0.1) is 20.4 Å². The van der Waals surface area contributed by atoms with Crippen LogP contribution < -0.4 is 38.2 Å². The number of aromatic nitrogens is 6. The van der Waals surface area contributed by atoms with Crippen LogP contribution in [0.3, 0.4) is 0 Å². The molecule has 0 amide bonds. The van der Waals surface area contributed by atoms with Crippen molar-refractivity contribution in [2.75, 3.05) is 22.3 Å². The zero-order valence-electron chi connectivity index (χ0n) is 22.7. The molecule has 0 spiro atoms. The van der Waals surface area contributed by atoms with Gasteiger partial charge in [-0.2, -0.15) is 9.35 Å². The fourth-order valence-electron chi connectivity index (χ4n) is 3.52. The van der Waals surface area contributed by atoms with E-state index in [0.29, 0.717) is 22.9 Å². The van der Waals surface area contributed by atoms with E-state index in [9.17, 15) is 9.59 Å². The van der Waals surface area contributed by atoms with Crippen molar-refractivity contribution in [2.45, 2.75) is 52.4 Å². The second kappa shape index (κ2) is 10.1. The summed E-state index contributed by atoms with van der Waals surface area (Å²) in [5, 5.41) is 22.2. The third-order valence-corrected chi connectivity index (χ3v) is 5.67. The van der Waals surface area contributed by atoms with Crippen molar-refractivity contribution in [2.24, 2.45) is 0 Å². The number of ether oxygens (including phenoxy) is 1. The molecule has 6 N–H and O–H groups in total. The van der Waals surface area contributed by atoms with Crippen LogP contribution in [0.1, 0.15) is 52.9 Å². The Labute approximate surface area is 224 Å². The number of anilines is 4. The smallest absolute Gasteiger partial charge is 0.295 e. The SMILES string of the molecule is CC(C)(C)c1nnc(Nc2ccc(Oc3ccc(Nc4nnc(C(C)(C)C)c(=O)n4N)cc3)cc2)n(N)c1=O. The molecule has 0 saturated carbocycles. The lowest BCUT2D eigenvalue weighted by atomic mass is 9.93. The molecule has 0 bridgehead atoms. The van der Waals surface area contributed by atoms with Crippen molar-refractivity contribution in [3.8, 4) is 11.5 Å². The molecule has 2 aromatic carbocycles. The maximum atomic E-state index is 12.5. The lowest BCUT2D eigenvalue weighted by Crippen LogP contribution is -2.38. The molecule has 13 nitrogen and oxygen atoms in total. The first-order valence-electron chi connectivity index (χ1n) is 12.2. The molecule has 39 heavy (non-hydrogen) atoms. The molecule has 2 heterocycles. The van der Waals surface area contributed by atoms with Gasteiger partial charge in [-0.05, 0) is 48.5 Å². The van der Waals surface area contributed by atoms with Crippen LogP contribution in [0, 0.1) is 0 Å². The fraction of sp³-hybridized carbons (Fsp3) is 0.308. The van der Waals surface area contributed by atoms with E-state index < -0.39 is 21.9 Å². The molecule has 0 atom stereocenters. The molecule has 0 unspecified atom stereocenters. The maximum absolute atomic E-state index is 12.5. The Morgan fingerprint density at radius 3 is 1.26 bits per heavy atom. The lowest BCUT2D eigenvalue weighted by molar-refractivity contribution is 0.483. The zero-order valence-corrected chi connectivity index (χ0v) is 22.7. The van der Waals surface area contributed by atoms with E-state index in [-0.39, 0.29) is 23.3 Å². The van der Waals surface area contributed by atoms with Crippen molar-refractivity contribution in [3.05, 3.63) is 80.6 Å². The molecule has 4 rings (SSSR count). The number of rotatable bonds is 6. The zero-order chi connectivity index (χ0) is 28.5. The predicted molar refractivity (Wildman–Crippen MR) is 150 cm³/mol. The second-order valence-corrected chi connectivity index (χ2v) is 11.0. The summed E-state index contributed by atoms with van der Waals surface area (Å²) < 4.78 is 7.80. The van der Waals surface area contributed by atoms with Crippen LogP contribution in [0.15, 0.2) is 58.1 Å². The van der Waals surface area contributed by atoms with Gasteiger partial charge in [-0.3, -0.25) is 9.59 Å². The number of nitrogen functional groups attached to an aromatic ring is 2. The van der Waals surface area contributed by atoms with Gasteiger partial charge in [-0.1, -0.05) is 41.5 Å². The van der Waals surface area contributed by atoms with Crippen LogP contribution in [0.25, 0.3) is 0 Å².